The minimum absolute atomic E-state index is 0.272. The number of hydrogen-bond donors (Lipinski definition) is 0. The lowest BCUT2D eigenvalue weighted by Crippen LogP contribution is -2.09. The Morgan fingerprint density at radius 3 is 2.40 bits per heavy atom. The molecule has 0 spiro atoms. The second kappa shape index (κ2) is 11.1. The molecule has 0 aliphatic heterocycles. The quantitative estimate of drug-likeness (QED) is 0.186. The second-order valence-electron chi connectivity index (χ2n) is 15.1. The van der Waals surface area contributed by atoms with Crippen LogP contribution in [0.25, 0.3) is 73.5 Å². The topological polar surface area (TPSA) is 23.0 Å². The van der Waals surface area contributed by atoms with Gasteiger partial charge in [0.25, 0.3) is 0 Å². The number of fused-ring (bicyclic) bond motifs is 9. The number of aryl methyl sites for hydroxylation is 1. The highest BCUT2D eigenvalue weighted by atomic mass is 16.3. The summed E-state index contributed by atoms with van der Waals surface area (Å²) >= 11 is 0. The number of furan rings is 1. The van der Waals surface area contributed by atoms with Gasteiger partial charge < -0.3 is 13.6 Å². The van der Waals surface area contributed by atoms with E-state index in [0.29, 0.717) is 11.8 Å². The van der Waals surface area contributed by atoms with Crippen molar-refractivity contribution in [2.45, 2.75) is 71.1 Å². The van der Waals surface area contributed by atoms with E-state index in [1.165, 1.54) is 83.3 Å². The molecule has 0 saturated heterocycles. The van der Waals surface area contributed by atoms with Gasteiger partial charge in [0.05, 0.1) is 11.0 Å². The highest BCUT2D eigenvalue weighted by molar-refractivity contribution is 6.00. The summed E-state index contributed by atoms with van der Waals surface area (Å²) in [6.07, 6.45) is 16.0. The SMILES string of the molecule is CC(C)c1ccc2c(c1)c1c(n2C2=Cc3c(oc4ccc(-n5c6c(c7cc(-c8ccccc8)ccc75)CCC=C6)cc34)C(C)C2)C=CCC1C. The van der Waals surface area contributed by atoms with E-state index in [1.807, 2.05) is 0 Å². The van der Waals surface area contributed by atoms with Crippen molar-refractivity contribution in [3.05, 3.63) is 136 Å². The van der Waals surface area contributed by atoms with Gasteiger partial charge in [-0.1, -0.05) is 82.3 Å². The van der Waals surface area contributed by atoms with Crippen molar-refractivity contribution in [2.75, 3.05) is 0 Å². The number of hydrogen-bond acceptors (Lipinski definition) is 1. The highest BCUT2D eigenvalue weighted by Gasteiger charge is 2.30. The van der Waals surface area contributed by atoms with Crippen LogP contribution in [-0.2, 0) is 6.42 Å². The summed E-state index contributed by atoms with van der Waals surface area (Å²) in [5.41, 5.74) is 16.8. The summed E-state index contributed by atoms with van der Waals surface area (Å²) in [4.78, 5) is 0. The van der Waals surface area contributed by atoms with Gasteiger partial charge in [0.2, 0.25) is 0 Å². The minimum Gasteiger partial charge on any atom is -0.460 e. The number of rotatable bonds is 4. The van der Waals surface area contributed by atoms with Crippen LogP contribution in [0.3, 0.4) is 0 Å². The first-order valence-electron chi connectivity index (χ1n) is 18.5. The fourth-order valence-electron chi connectivity index (χ4n) is 9.09. The zero-order valence-electron chi connectivity index (χ0n) is 29.3. The predicted molar refractivity (Wildman–Crippen MR) is 211 cm³/mol. The fourth-order valence-corrected chi connectivity index (χ4v) is 9.09. The fraction of sp³-hybridized carbons (Fsp3) is 0.234. The Kier molecular flexibility index (Phi) is 6.59. The van der Waals surface area contributed by atoms with E-state index in [9.17, 15) is 0 Å². The second-order valence-corrected chi connectivity index (χ2v) is 15.1. The van der Waals surface area contributed by atoms with E-state index in [2.05, 4.69) is 152 Å². The average Bonchev–Trinajstić information content (AvgIpc) is 3.79. The molecule has 0 bridgehead atoms. The van der Waals surface area contributed by atoms with Crippen molar-refractivity contribution in [3.63, 3.8) is 0 Å². The number of allylic oxidation sites excluding steroid dienone is 3. The molecule has 50 heavy (non-hydrogen) atoms. The molecular weight excluding hydrogens is 609 g/mol. The maximum absolute atomic E-state index is 6.67. The van der Waals surface area contributed by atoms with Crippen LogP contribution in [-0.4, -0.2) is 9.13 Å². The molecule has 4 aromatic carbocycles. The van der Waals surface area contributed by atoms with Gasteiger partial charge in [0.15, 0.2) is 0 Å². The third kappa shape index (κ3) is 4.35. The highest BCUT2D eigenvalue weighted by Crippen LogP contribution is 2.47. The molecule has 0 saturated carbocycles. The molecule has 3 nitrogen and oxygen atoms in total. The van der Waals surface area contributed by atoms with E-state index in [-0.39, 0.29) is 5.92 Å². The van der Waals surface area contributed by atoms with Crippen molar-refractivity contribution in [2.24, 2.45) is 0 Å². The zero-order valence-corrected chi connectivity index (χ0v) is 29.3. The van der Waals surface area contributed by atoms with Gasteiger partial charge in [0.1, 0.15) is 11.3 Å². The van der Waals surface area contributed by atoms with Gasteiger partial charge in [-0.3, -0.25) is 0 Å². The Morgan fingerprint density at radius 2 is 1.54 bits per heavy atom. The molecule has 0 fully saturated rings. The molecule has 246 valence electrons. The third-order valence-electron chi connectivity index (χ3n) is 11.6. The Balaban J connectivity index is 1.16. The lowest BCUT2D eigenvalue weighted by molar-refractivity contribution is 0.503. The third-order valence-corrected chi connectivity index (χ3v) is 11.6. The molecule has 0 radical (unpaired) electrons. The summed E-state index contributed by atoms with van der Waals surface area (Å²) in [6.45, 7) is 9.30. The smallest absolute Gasteiger partial charge is 0.135 e. The minimum atomic E-state index is 0.272. The molecule has 3 aliphatic carbocycles. The van der Waals surface area contributed by atoms with Crippen molar-refractivity contribution in [1.82, 2.24) is 9.13 Å². The van der Waals surface area contributed by atoms with Gasteiger partial charge in [-0.15, -0.1) is 0 Å². The van der Waals surface area contributed by atoms with Crippen molar-refractivity contribution in [3.8, 4) is 16.8 Å². The number of nitrogens with zero attached hydrogens (tertiary/aromatic N) is 2. The first-order chi connectivity index (χ1) is 24.4. The Bertz CT molecular complexity index is 2600. The summed E-state index contributed by atoms with van der Waals surface area (Å²) in [5, 5.41) is 3.95. The van der Waals surface area contributed by atoms with Gasteiger partial charge in [0, 0.05) is 50.4 Å². The first kappa shape index (κ1) is 29.6. The van der Waals surface area contributed by atoms with Crippen molar-refractivity contribution in [1.29, 1.82) is 0 Å². The molecule has 3 aliphatic rings. The molecule has 3 heterocycles. The molecular formula is C47H42N2O. The molecule has 7 aromatic rings. The predicted octanol–water partition coefficient (Wildman–Crippen LogP) is 13.1. The van der Waals surface area contributed by atoms with E-state index in [1.54, 1.807) is 0 Å². The van der Waals surface area contributed by atoms with Gasteiger partial charge in [-0.25, -0.2) is 0 Å². The van der Waals surface area contributed by atoms with Gasteiger partial charge in [-0.05, 0) is 126 Å². The van der Waals surface area contributed by atoms with Crippen LogP contribution in [0.4, 0.5) is 0 Å². The average molecular weight is 651 g/mol. The van der Waals surface area contributed by atoms with Crippen LogP contribution >= 0.6 is 0 Å². The van der Waals surface area contributed by atoms with Crippen LogP contribution in [0.15, 0.2) is 101 Å². The van der Waals surface area contributed by atoms with Crippen LogP contribution in [0.2, 0.25) is 0 Å². The molecule has 2 atom stereocenters. The summed E-state index contributed by atoms with van der Waals surface area (Å²) < 4.78 is 11.7. The van der Waals surface area contributed by atoms with Crippen LogP contribution in [0, 0.1) is 0 Å². The maximum atomic E-state index is 6.67. The van der Waals surface area contributed by atoms with Crippen LogP contribution < -0.4 is 0 Å². The van der Waals surface area contributed by atoms with E-state index < -0.39 is 0 Å². The largest absolute Gasteiger partial charge is 0.460 e. The van der Waals surface area contributed by atoms with Crippen molar-refractivity contribution < 1.29 is 4.42 Å². The number of aromatic nitrogens is 2. The summed E-state index contributed by atoms with van der Waals surface area (Å²) in [6, 6.07) is 31.7. The molecule has 2 unspecified atom stereocenters. The summed E-state index contributed by atoms with van der Waals surface area (Å²) in [7, 11) is 0. The number of benzene rings is 4. The molecule has 3 aromatic heterocycles. The van der Waals surface area contributed by atoms with Crippen molar-refractivity contribution >= 4 is 56.7 Å². The van der Waals surface area contributed by atoms with Crippen LogP contribution in [0.1, 0.15) is 104 Å². The van der Waals surface area contributed by atoms with E-state index in [4.69, 9.17) is 4.42 Å². The molecule has 3 heteroatoms. The van der Waals surface area contributed by atoms with Gasteiger partial charge in [-0.2, -0.15) is 0 Å². The molecule has 0 amide bonds. The lowest BCUT2D eigenvalue weighted by atomic mass is 9.89. The van der Waals surface area contributed by atoms with Crippen LogP contribution in [0.5, 0.6) is 0 Å². The standard InChI is InChI=1S/C47H42N2O/c1-28(2)32-17-20-43-40(24-32)46-29(3)11-10-16-44(46)49(43)35-23-30(4)47-39(27-35)38-26-34(19-22-45(38)50-47)48-41-15-9-8-14-36(41)37-25-33(18-21-42(37)48)31-12-6-5-7-13-31/h5-7,9-10,12-13,15-22,24-30H,8,11,14,23H2,1-4H3. The summed E-state index contributed by atoms with van der Waals surface area (Å²) in [5.74, 6) is 2.37. The zero-order chi connectivity index (χ0) is 33.7. The van der Waals surface area contributed by atoms with Gasteiger partial charge >= 0.3 is 0 Å². The van der Waals surface area contributed by atoms with E-state index in [0.717, 1.165) is 37.0 Å². The Morgan fingerprint density at radius 1 is 0.720 bits per heavy atom. The Hall–Kier alpha value is -5.28. The maximum Gasteiger partial charge on any atom is 0.135 e. The molecule has 0 N–H and O–H groups in total. The first-order valence-corrected chi connectivity index (χ1v) is 18.5. The monoisotopic (exact) mass is 650 g/mol. The Labute approximate surface area is 293 Å². The lowest BCUT2D eigenvalue weighted by Gasteiger charge is -2.23. The van der Waals surface area contributed by atoms with E-state index >= 15 is 0 Å². The molecule has 10 rings (SSSR count). The normalized spacial score (nSPS) is 18.2.